The van der Waals surface area contributed by atoms with Gasteiger partial charge in [0.2, 0.25) is 0 Å². The first-order valence-electron chi connectivity index (χ1n) is 6.50. The van der Waals surface area contributed by atoms with Gasteiger partial charge in [-0.1, -0.05) is 38.5 Å². The number of rotatable bonds is 3. The van der Waals surface area contributed by atoms with Gasteiger partial charge in [0.05, 0.1) is 12.2 Å². The molecule has 0 saturated heterocycles. The lowest BCUT2D eigenvalue weighted by molar-refractivity contribution is 0.0370. The molecule has 1 aromatic rings. The summed E-state index contributed by atoms with van der Waals surface area (Å²) in [6.07, 6.45) is 3.70. The van der Waals surface area contributed by atoms with Gasteiger partial charge >= 0.3 is 5.97 Å². The van der Waals surface area contributed by atoms with Gasteiger partial charge in [0, 0.05) is 0 Å². The Balaban J connectivity index is 0.000000686. The van der Waals surface area contributed by atoms with Crippen LogP contribution in [0.4, 0.5) is 0 Å². The molecule has 0 radical (unpaired) electrons. The molecule has 0 heterocycles. The molecule has 1 saturated carbocycles. The van der Waals surface area contributed by atoms with Gasteiger partial charge in [-0.2, -0.15) is 0 Å². The van der Waals surface area contributed by atoms with E-state index in [9.17, 15) is 4.79 Å². The number of carbonyl (C=O) groups is 1. The zero-order valence-corrected chi connectivity index (χ0v) is 11.0. The molecule has 0 unspecified atom stereocenters. The van der Waals surface area contributed by atoms with Gasteiger partial charge in [0.15, 0.2) is 0 Å². The van der Waals surface area contributed by atoms with E-state index < -0.39 is 0 Å². The monoisotopic (exact) mass is 234 g/mol. The summed E-state index contributed by atoms with van der Waals surface area (Å²) >= 11 is 0. The number of esters is 1. The number of hydrogen-bond acceptors (Lipinski definition) is 2. The van der Waals surface area contributed by atoms with Crippen LogP contribution in [0.2, 0.25) is 0 Å². The Morgan fingerprint density at radius 3 is 2.47 bits per heavy atom. The van der Waals surface area contributed by atoms with Crippen LogP contribution in [0.25, 0.3) is 0 Å². The van der Waals surface area contributed by atoms with E-state index in [0.717, 1.165) is 5.56 Å². The van der Waals surface area contributed by atoms with Gasteiger partial charge in [-0.25, -0.2) is 4.79 Å². The minimum atomic E-state index is -0.181. The summed E-state index contributed by atoms with van der Waals surface area (Å²) in [7, 11) is 0. The van der Waals surface area contributed by atoms with Gasteiger partial charge in [0.25, 0.3) is 0 Å². The van der Waals surface area contributed by atoms with Crippen molar-refractivity contribution in [2.45, 2.75) is 40.0 Å². The summed E-state index contributed by atoms with van der Waals surface area (Å²) in [5.74, 6) is 0.429. The van der Waals surface area contributed by atoms with Crippen LogP contribution < -0.4 is 0 Å². The maximum Gasteiger partial charge on any atom is 0.338 e. The van der Waals surface area contributed by atoms with Crippen molar-refractivity contribution in [2.24, 2.45) is 5.92 Å². The Labute approximate surface area is 104 Å². The third kappa shape index (κ3) is 3.88. The average Bonchev–Trinajstić information content (AvgIpc) is 2.30. The number of aryl methyl sites for hydroxylation is 1. The normalized spacial score (nSPS) is 14.3. The lowest BCUT2D eigenvalue weighted by atomic mass is 9.86. The highest BCUT2D eigenvalue weighted by Crippen LogP contribution is 2.26. The first-order valence-corrected chi connectivity index (χ1v) is 6.50. The number of carbonyl (C=O) groups excluding carboxylic acids is 1. The van der Waals surface area contributed by atoms with E-state index >= 15 is 0 Å². The second kappa shape index (κ2) is 7.10. The lowest BCUT2D eigenvalue weighted by Gasteiger charge is -2.24. The summed E-state index contributed by atoms with van der Waals surface area (Å²) in [4.78, 5) is 11.7. The topological polar surface area (TPSA) is 26.3 Å². The molecule has 1 aliphatic carbocycles. The van der Waals surface area contributed by atoms with Crippen LogP contribution in [0.1, 0.15) is 49.0 Å². The zero-order chi connectivity index (χ0) is 12.7. The standard InChI is InChI=1S/C13H16O2.C2H6/c1-10-5-2-3-8-12(10)13(14)15-9-11-6-4-7-11;1-2/h2-3,5,8,11H,4,6-7,9H2,1H3;1-2H3. The number of ether oxygens (including phenoxy) is 1. The third-order valence-electron chi connectivity index (χ3n) is 3.04. The average molecular weight is 234 g/mol. The van der Waals surface area contributed by atoms with Gasteiger partial charge in [-0.15, -0.1) is 0 Å². The van der Waals surface area contributed by atoms with Gasteiger partial charge < -0.3 is 4.74 Å². The van der Waals surface area contributed by atoms with Crippen LogP contribution in [0.15, 0.2) is 24.3 Å². The van der Waals surface area contributed by atoms with Crippen LogP contribution in [-0.2, 0) is 4.74 Å². The van der Waals surface area contributed by atoms with Crippen molar-refractivity contribution in [3.8, 4) is 0 Å². The maximum absolute atomic E-state index is 11.7. The Morgan fingerprint density at radius 1 is 1.29 bits per heavy atom. The molecule has 0 bridgehead atoms. The largest absolute Gasteiger partial charge is 0.462 e. The Bertz CT molecular complexity index is 354. The third-order valence-corrected chi connectivity index (χ3v) is 3.04. The summed E-state index contributed by atoms with van der Waals surface area (Å²) in [5, 5.41) is 0. The highest BCUT2D eigenvalue weighted by atomic mass is 16.5. The summed E-state index contributed by atoms with van der Waals surface area (Å²) in [6, 6.07) is 7.55. The van der Waals surface area contributed by atoms with Crippen molar-refractivity contribution in [3.63, 3.8) is 0 Å². The van der Waals surface area contributed by atoms with Crippen molar-refractivity contribution in [1.82, 2.24) is 0 Å². The van der Waals surface area contributed by atoms with Gasteiger partial charge in [-0.3, -0.25) is 0 Å². The fraction of sp³-hybridized carbons (Fsp3) is 0.533. The van der Waals surface area contributed by atoms with Crippen molar-refractivity contribution in [3.05, 3.63) is 35.4 Å². The van der Waals surface area contributed by atoms with E-state index in [1.54, 1.807) is 0 Å². The molecule has 17 heavy (non-hydrogen) atoms. The number of benzene rings is 1. The summed E-state index contributed by atoms with van der Waals surface area (Å²) in [5.41, 5.74) is 1.67. The minimum Gasteiger partial charge on any atom is -0.462 e. The molecule has 1 fully saturated rings. The van der Waals surface area contributed by atoms with Crippen molar-refractivity contribution in [1.29, 1.82) is 0 Å². The van der Waals surface area contributed by atoms with Crippen LogP contribution >= 0.6 is 0 Å². The van der Waals surface area contributed by atoms with Crippen LogP contribution in [0.5, 0.6) is 0 Å². The molecule has 1 aliphatic rings. The first-order chi connectivity index (χ1) is 8.27. The molecule has 0 atom stereocenters. The molecule has 2 nitrogen and oxygen atoms in total. The van der Waals surface area contributed by atoms with Crippen LogP contribution in [0, 0.1) is 12.8 Å². The number of hydrogen-bond donors (Lipinski definition) is 0. The quantitative estimate of drug-likeness (QED) is 0.739. The first kappa shape index (κ1) is 13.8. The van der Waals surface area contributed by atoms with Crippen molar-refractivity contribution < 1.29 is 9.53 Å². The second-order valence-electron chi connectivity index (χ2n) is 4.21. The predicted octanol–water partition coefficient (Wildman–Crippen LogP) is 3.98. The highest BCUT2D eigenvalue weighted by Gasteiger charge is 2.19. The molecular formula is C15H22O2. The van der Waals surface area contributed by atoms with E-state index in [2.05, 4.69) is 0 Å². The summed E-state index contributed by atoms with van der Waals surface area (Å²) < 4.78 is 5.27. The molecule has 0 aliphatic heterocycles. The maximum atomic E-state index is 11.7. The molecule has 0 aromatic heterocycles. The smallest absolute Gasteiger partial charge is 0.338 e. The second-order valence-corrected chi connectivity index (χ2v) is 4.21. The summed E-state index contributed by atoms with van der Waals surface area (Å²) in [6.45, 7) is 6.52. The van der Waals surface area contributed by atoms with E-state index in [0.29, 0.717) is 18.1 Å². The van der Waals surface area contributed by atoms with Crippen molar-refractivity contribution >= 4 is 5.97 Å². The Morgan fingerprint density at radius 2 is 1.94 bits per heavy atom. The van der Waals surface area contributed by atoms with E-state index in [1.165, 1.54) is 19.3 Å². The van der Waals surface area contributed by atoms with E-state index in [-0.39, 0.29) is 5.97 Å². The van der Waals surface area contributed by atoms with Crippen LogP contribution in [0.3, 0.4) is 0 Å². The fourth-order valence-corrected chi connectivity index (χ4v) is 1.73. The van der Waals surface area contributed by atoms with Crippen LogP contribution in [-0.4, -0.2) is 12.6 Å². The van der Waals surface area contributed by atoms with Gasteiger partial charge in [0.1, 0.15) is 0 Å². The Kier molecular flexibility index (Phi) is 5.75. The lowest BCUT2D eigenvalue weighted by Crippen LogP contribution is -2.20. The van der Waals surface area contributed by atoms with E-state index in [4.69, 9.17) is 4.74 Å². The van der Waals surface area contributed by atoms with Gasteiger partial charge in [-0.05, 0) is 37.3 Å². The zero-order valence-electron chi connectivity index (χ0n) is 11.0. The molecule has 94 valence electrons. The van der Waals surface area contributed by atoms with E-state index in [1.807, 2.05) is 45.0 Å². The van der Waals surface area contributed by atoms with Crippen molar-refractivity contribution in [2.75, 3.05) is 6.61 Å². The highest BCUT2D eigenvalue weighted by molar-refractivity contribution is 5.90. The Hall–Kier alpha value is -1.31. The predicted molar refractivity (Wildman–Crippen MR) is 70.2 cm³/mol. The molecule has 1 aromatic carbocycles. The fourth-order valence-electron chi connectivity index (χ4n) is 1.73. The molecule has 2 heteroatoms. The molecule has 0 amide bonds. The molecular weight excluding hydrogens is 212 g/mol. The molecule has 0 spiro atoms. The SMILES string of the molecule is CC.Cc1ccccc1C(=O)OCC1CCC1. The minimum absolute atomic E-state index is 0.181. The molecule has 0 N–H and O–H groups in total. The molecule has 2 rings (SSSR count).